The van der Waals surface area contributed by atoms with Gasteiger partial charge in [0.2, 0.25) is 5.91 Å². The van der Waals surface area contributed by atoms with Gasteiger partial charge in [-0.3, -0.25) is 9.69 Å². The number of benzene rings is 1. The topological polar surface area (TPSA) is 64.8 Å². The van der Waals surface area contributed by atoms with Gasteiger partial charge in [0.05, 0.1) is 19.3 Å². The summed E-state index contributed by atoms with van der Waals surface area (Å²) in [7, 11) is 1.62. The molecule has 1 amide bonds. The highest BCUT2D eigenvalue weighted by molar-refractivity contribution is 5.79. The summed E-state index contributed by atoms with van der Waals surface area (Å²) in [6.45, 7) is 4.11. The summed E-state index contributed by atoms with van der Waals surface area (Å²) >= 11 is 0. The van der Waals surface area contributed by atoms with Crippen molar-refractivity contribution >= 4 is 5.91 Å². The van der Waals surface area contributed by atoms with E-state index in [9.17, 15) is 9.18 Å². The maximum atomic E-state index is 12.7. The van der Waals surface area contributed by atoms with Crippen LogP contribution in [0.3, 0.4) is 0 Å². The van der Waals surface area contributed by atoms with Crippen LogP contribution in [0.2, 0.25) is 0 Å². The van der Waals surface area contributed by atoms with E-state index >= 15 is 0 Å². The van der Waals surface area contributed by atoms with E-state index in [1.807, 2.05) is 4.90 Å². The highest BCUT2D eigenvalue weighted by Crippen LogP contribution is 2.11. The van der Waals surface area contributed by atoms with Crippen LogP contribution in [-0.4, -0.2) is 50.3 Å². The van der Waals surface area contributed by atoms with Crippen molar-refractivity contribution in [3.8, 4) is 5.75 Å². The molecule has 0 aliphatic heterocycles. The first-order valence-electron chi connectivity index (χ1n) is 6.95. The zero-order valence-corrected chi connectivity index (χ0v) is 12.5. The molecule has 0 saturated carbocycles. The number of nitrogens with zero attached hydrogens (tertiary/aromatic N) is 1. The fourth-order valence-corrected chi connectivity index (χ4v) is 1.88. The molecular formula is C15H23FN2O3. The average Bonchev–Trinajstić information content (AvgIpc) is 2.47. The minimum atomic E-state index is -0.356. The van der Waals surface area contributed by atoms with Gasteiger partial charge < -0.3 is 15.2 Å². The Morgan fingerprint density at radius 2 is 1.95 bits per heavy atom. The third kappa shape index (κ3) is 6.55. The van der Waals surface area contributed by atoms with Crippen LogP contribution >= 0.6 is 0 Å². The number of methoxy groups -OCH3 is 1. The summed E-state index contributed by atoms with van der Waals surface area (Å²) in [5.41, 5.74) is 5.33. The first-order valence-corrected chi connectivity index (χ1v) is 6.95. The second-order valence-electron chi connectivity index (χ2n) is 4.76. The lowest BCUT2D eigenvalue weighted by atomic mass is 10.2. The number of primary amides is 1. The summed E-state index contributed by atoms with van der Waals surface area (Å²) in [6.07, 6.45) is 0.735. The van der Waals surface area contributed by atoms with Crippen molar-refractivity contribution in [3.05, 3.63) is 30.1 Å². The van der Waals surface area contributed by atoms with Gasteiger partial charge in [-0.15, -0.1) is 0 Å². The first-order chi connectivity index (χ1) is 10.0. The number of nitrogens with two attached hydrogens (primary N) is 1. The fraction of sp³-hybridized carbons (Fsp3) is 0.533. The molecule has 0 bridgehead atoms. The van der Waals surface area contributed by atoms with Crippen LogP contribution in [0.15, 0.2) is 24.3 Å². The Hall–Kier alpha value is -1.66. The van der Waals surface area contributed by atoms with Gasteiger partial charge in [0.25, 0.3) is 0 Å². The number of ether oxygens (including phenoxy) is 2. The summed E-state index contributed by atoms with van der Waals surface area (Å²) in [6, 6.07) is 5.55. The Morgan fingerprint density at radius 1 is 1.29 bits per heavy atom. The van der Waals surface area contributed by atoms with Crippen molar-refractivity contribution in [2.45, 2.75) is 19.4 Å². The Kier molecular flexibility index (Phi) is 7.71. The van der Waals surface area contributed by atoms with Crippen LogP contribution in [0.25, 0.3) is 0 Å². The van der Waals surface area contributed by atoms with E-state index in [1.165, 1.54) is 12.1 Å². The molecule has 0 saturated heterocycles. The van der Waals surface area contributed by atoms with Crippen molar-refractivity contribution in [2.24, 2.45) is 5.73 Å². The molecule has 0 aliphatic carbocycles. The number of carbonyl (C=O) groups excluding carboxylic acids is 1. The van der Waals surface area contributed by atoms with Gasteiger partial charge in [0.15, 0.2) is 0 Å². The number of amides is 1. The number of carbonyl (C=O) groups is 1. The maximum Gasteiger partial charge on any atom is 0.234 e. The first kappa shape index (κ1) is 17.4. The molecule has 118 valence electrons. The molecule has 1 unspecified atom stereocenters. The summed E-state index contributed by atoms with van der Waals surface area (Å²) in [5.74, 6) is -0.0169. The molecular weight excluding hydrogens is 275 g/mol. The predicted molar refractivity (Wildman–Crippen MR) is 78.6 cm³/mol. The molecule has 1 rings (SSSR count). The van der Waals surface area contributed by atoms with E-state index in [-0.39, 0.29) is 17.8 Å². The lowest BCUT2D eigenvalue weighted by Gasteiger charge is -2.26. The molecule has 0 aromatic heterocycles. The molecule has 0 heterocycles. The van der Waals surface area contributed by atoms with Crippen molar-refractivity contribution < 1.29 is 18.7 Å². The zero-order valence-electron chi connectivity index (χ0n) is 12.5. The molecule has 1 atom stereocenters. The molecule has 6 heteroatoms. The van der Waals surface area contributed by atoms with E-state index in [4.69, 9.17) is 15.2 Å². The van der Waals surface area contributed by atoms with Gasteiger partial charge in [0, 0.05) is 20.2 Å². The largest absolute Gasteiger partial charge is 0.494 e. The monoisotopic (exact) mass is 298 g/mol. The van der Waals surface area contributed by atoms with Crippen LogP contribution < -0.4 is 10.5 Å². The lowest BCUT2D eigenvalue weighted by molar-refractivity contribution is -0.122. The van der Waals surface area contributed by atoms with Gasteiger partial charge in [-0.05, 0) is 37.6 Å². The highest BCUT2D eigenvalue weighted by atomic mass is 19.1. The third-order valence-corrected chi connectivity index (χ3v) is 3.21. The van der Waals surface area contributed by atoms with E-state index < -0.39 is 0 Å². The van der Waals surface area contributed by atoms with Gasteiger partial charge in [-0.2, -0.15) is 0 Å². The molecule has 0 radical (unpaired) electrons. The maximum absolute atomic E-state index is 12.7. The zero-order chi connectivity index (χ0) is 15.7. The molecule has 21 heavy (non-hydrogen) atoms. The number of halogens is 1. The van der Waals surface area contributed by atoms with Crippen molar-refractivity contribution in [2.75, 3.05) is 33.4 Å². The van der Waals surface area contributed by atoms with Gasteiger partial charge in [0.1, 0.15) is 11.6 Å². The molecule has 0 fully saturated rings. The SMILES string of the molecule is COCCN(CCCOc1ccc(F)cc1)C(C)C(N)=O. The quantitative estimate of drug-likeness (QED) is 0.663. The normalized spacial score (nSPS) is 12.4. The second kappa shape index (κ2) is 9.31. The third-order valence-electron chi connectivity index (χ3n) is 3.21. The summed E-state index contributed by atoms with van der Waals surface area (Å²) in [5, 5.41) is 0. The Labute approximate surface area is 124 Å². The minimum absolute atomic E-state index is 0.289. The van der Waals surface area contributed by atoms with Crippen LogP contribution in [0, 0.1) is 5.82 Å². The van der Waals surface area contributed by atoms with Gasteiger partial charge in [-0.25, -0.2) is 4.39 Å². The number of hydrogen-bond acceptors (Lipinski definition) is 4. The molecule has 0 aliphatic rings. The van der Waals surface area contributed by atoms with Crippen LogP contribution in [0.5, 0.6) is 5.75 Å². The molecule has 1 aromatic carbocycles. The van der Waals surface area contributed by atoms with E-state index in [2.05, 4.69) is 0 Å². The van der Waals surface area contributed by atoms with Crippen molar-refractivity contribution in [3.63, 3.8) is 0 Å². The predicted octanol–water partition coefficient (Wildman–Crippen LogP) is 1.42. The molecule has 2 N–H and O–H groups in total. The molecule has 0 spiro atoms. The Morgan fingerprint density at radius 3 is 2.52 bits per heavy atom. The summed E-state index contributed by atoms with van der Waals surface area (Å²) in [4.78, 5) is 13.2. The van der Waals surface area contributed by atoms with E-state index in [1.54, 1.807) is 26.2 Å². The Bertz CT molecular complexity index is 425. The Balaban J connectivity index is 2.35. The molecule has 1 aromatic rings. The standard InChI is InChI=1S/C15H23FN2O3/c1-12(15(17)19)18(9-11-20-2)8-3-10-21-14-6-4-13(16)5-7-14/h4-7,12H,3,8-11H2,1-2H3,(H2,17,19). The summed E-state index contributed by atoms with van der Waals surface area (Å²) < 4.78 is 23.3. The van der Waals surface area contributed by atoms with E-state index in [0.29, 0.717) is 32.1 Å². The van der Waals surface area contributed by atoms with Crippen LogP contribution in [-0.2, 0) is 9.53 Å². The lowest BCUT2D eigenvalue weighted by Crippen LogP contribution is -2.44. The van der Waals surface area contributed by atoms with Crippen LogP contribution in [0.4, 0.5) is 4.39 Å². The van der Waals surface area contributed by atoms with Crippen molar-refractivity contribution in [1.29, 1.82) is 0 Å². The van der Waals surface area contributed by atoms with Crippen molar-refractivity contribution in [1.82, 2.24) is 4.90 Å². The van der Waals surface area contributed by atoms with Gasteiger partial charge in [-0.1, -0.05) is 0 Å². The smallest absolute Gasteiger partial charge is 0.234 e. The minimum Gasteiger partial charge on any atom is -0.494 e. The fourth-order valence-electron chi connectivity index (χ4n) is 1.88. The average molecular weight is 298 g/mol. The van der Waals surface area contributed by atoms with Crippen LogP contribution in [0.1, 0.15) is 13.3 Å². The number of hydrogen-bond donors (Lipinski definition) is 1. The second-order valence-corrected chi connectivity index (χ2v) is 4.76. The van der Waals surface area contributed by atoms with Gasteiger partial charge >= 0.3 is 0 Å². The highest BCUT2D eigenvalue weighted by Gasteiger charge is 2.17. The number of rotatable bonds is 10. The van der Waals surface area contributed by atoms with E-state index in [0.717, 1.165) is 6.42 Å². The molecule has 5 nitrogen and oxygen atoms in total.